The zero-order chi connectivity index (χ0) is 10.8. The second-order valence-corrected chi connectivity index (χ2v) is 4.43. The normalized spacial score (nSPS) is 16.9. The monoisotopic (exact) mass is 225 g/mol. The first-order valence-electron chi connectivity index (χ1n) is 5.44. The fraction of sp³-hybridized carbons (Fsp3) is 0.636. The smallest absolute Gasteiger partial charge is 0.225 e. The maximum atomic E-state index is 6.05. The van der Waals surface area contributed by atoms with Crippen molar-refractivity contribution in [2.75, 3.05) is 18.0 Å². The SMILES string of the molecule is Cc1nc(N2CCCCC2)nc(C)c1Cl. The molecule has 0 spiro atoms. The van der Waals surface area contributed by atoms with Crippen LogP contribution in [0.2, 0.25) is 5.02 Å². The second-order valence-electron chi connectivity index (χ2n) is 4.06. The zero-order valence-corrected chi connectivity index (χ0v) is 10.0. The first kappa shape index (κ1) is 10.7. The van der Waals surface area contributed by atoms with Crippen LogP contribution in [0.5, 0.6) is 0 Å². The zero-order valence-electron chi connectivity index (χ0n) is 9.26. The Morgan fingerprint density at radius 2 is 1.53 bits per heavy atom. The Hall–Kier alpha value is -0.830. The molecular formula is C11H16ClN3. The molecule has 1 aliphatic heterocycles. The van der Waals surface area contributed by atoms with Gasteiger partial charge in [0, 0.05) is 13.1 Å². The van der Waals surface area contributed by atoms with Crippen LogP contribution in [0.15, 0.2) is 0 Å². The lowest BCUT2D eigenvalue weighted by Crippen LogP contribution is -2.31. The van der Waals surface area contributed by atoms with Crippen molar-refractivity contribution < 1.29 is 0 Å². The summed E-state index contributed by atoms with van der Waals surface area (Å²) in [6, 6.07) is 0. The van der Waals surface area contributed by atoms with Crippen molar-refractivity contribution in [1.29, 1.82) is 0 Å². The molecule has 82 valence electrons. The molecule has 0 saturated carbocycles. The summed E-state index contributed by atoms with van der Waals surface area (Å²) in [7, 11) is 0. The van der Waals surface area contributed by atoms with Crippen LogP contribution in [-0.2, 0) is 0 Å². The molecule has 2 heterocycles. The Morgan fingerprint density at radius 3 is 2.07 bits per heavy atom. The van der Waals surface area contributed by atoms with Crippen LogP contribution in [0.3, 0.4) is 0 Å². The van der Waals surface area contributed by atoms with E-state index < -0.39 is 0 Å². The number of anilines is 1. The molecule has 3 nitrogen and oxygen atoms in total. The van der Waals surface area contributed by atoms with Gasteiger partial charge in [-0.1, -0.05) is 11.6 Å². The van der Waals surface area contributed by atoms with Gasteiger partial charge in [-0.2, -0.15) is 0 Å². The molecule has 0 aromatic carbocycles. The predicted molar refractivity (Wildman–Crippen MR) is 62.6 cm³/mol. The third-order valence-electron chi connectivity index (χ3n) is 2.81. The Bertz CT molecular complexity index is 336. The van der Waals surface area contributed by atoms with Gasteiger partial charge in [0.25, 0.3) is 0 Å². The van der Waals surface area contributed by atoms with Crippen LogP contribution in [0.25, 0.3) is 0 Å². The van der Waals surface area contributed by atoms with Crippen LogP contribution >= 0.6 is 11.6 Å². The number of nitrogens with zero attached hydrogens (tertiary/aromatic N) is 3. The highest BCUT2D eigenvalue weighted by Crippen LogP contribution is 2.22. The molecular weight excluding hydrogens is 210 g/mol. The lowest BCUT2D eigenvalue weighted by Gasteiger charge is -2.27. The largest absolute Gasteiger partial charge is 0.341 e. The van der Waals surface area contributed by atoms with Gasteiger partial charge in [0.1, 0.15) is 0 Å². The molecule has 1 aromatic rings. The lowest BCUT2D eigenvalue weighted by molar-refractivity contribution is 0.567. The van der Waals surface area contributed by atoms with Gasteiger partial charge in [-0.05, 0) is 33.1 Å². The number of halogens is 1. The molecule has 1 fully saturated rings. The minimum absolute atomic E-state index is 0.691. The Kier molecular flexibility index (Phi) is 3.10. The summed E-state index contributed by atoms with van der Waals surface area (Å²) in [6.45, 7) is 6.01. The average molecular weight is 226 g/mol. The highest BCUT2D eigenvalue weighted by Gasteiger charge is 2.15. The molecule has 0 aliphatic carbocycles. The fourth-order valence-electron chi connectivity index (χ4n) is 1.92. The first-order chi connectivity index (χ1) is 7.18. The van der Waals surface area contributed by atoms with Crippen LogP contribution in [0, 0.1) is 13.8 Å². The molecule has 1 aromatic heterocycles. The van der Waals surface area contributed by atoms with Crippen molar-refractivity contribution in [3.05, 3.63) is 16.4 Å². The molecule has 0 unspecified atom stereocenters. The van der Waals surface area contributed by atoms with Gasteiger partial charge in [0.2, 0.25) is 5.95 Å². The highest BCUT2D eigenvalue weighted by molar-refractivity contribution is 6.31. The number of aryl methyl sites for hydroxylation is 2. The van der Waals surface area contributed by atoms with Crippen molar-refractivity contribution in [2.24, 2.45) is 0 Å². The number of aromatic nitrogens is 2. The van der Waals surface area contributed by atoms with E-state index >= 15 is 0 Å². The van der Waals surface area contributed by atoms with E-state index in [1.807, 2.05) is 13.8 Å². The summed E-state index contributed by atoms with van der Waals surface area (Å²) < 4.78 is 0. The van der Waals surface area contributed by atoms with Crippen molar-refractivity contribution in [3.63, 3.8) is 0 Å². The predicted octanol–water partition coefficient (Wildman–Crippen LogP) is 2.74. The van der Waals surface area contributed by atoms with Crippen LogP contribution < -0.4 is 4.90 Å². The maximum Gasteiger partial charge on any atom is 0.225 e. The number of hydrogen-bond acceptors (Lipinski definition) is 3. The van der Waals surface area contributed by atoms with E-state index in [4.69, 9.17) is 11.6 Å². The van der Waals surface area contributed by atoms with Gasteiger partial charge < -0.3 is 4.90 Å². The molecule has 0 amide bonds. The Balaban J connectivity index is 2.27. The first-order valence-corrected chi connectivity index (χ1v) is 5.82. The number of piperidine rings is 1. The average Bonchev–Trinajstić information content (AvgIpc) is 2.26. The number of rotatable bonds is 1. The molecule has 2 rings (SSSR count). The minimum Gasteiger partial charge on any atom is -0.341 e. The van der Waals surface area contributed by atoms with Crippen LogP contribution in [0.4, 0.5) is 5.95 Å². The van der Waals surface area contributed by atoms with Gasteiger partial charge in [0.15, 0.2) is 0 Å². The molecule has 4 heteroatoms. The molecule has 1 aliphatic rings. The van der Waals surface area contributed by atoms with E-state index in [0.29, 0.717) is 5.02 Å². The van der Waals surface area contributed by atoms with E-state index in [1.54, 1.807) is 0 Å². The third kappa shape index (κ3) is 2.23. The molecule has 0 N–H and O–H groups in total. The maximum absolute atomic E-state index is 6.05. The molecule has 15 heavy (non-hydrogen) atoms. The van der Waals surface area contributed by atoms with Gasteiger partial charge >= 0.3 is 0 Å². The number of hydrogen-bond donors (Lipinski definition) is 0. The van der Waals surface area contributed by atoms with E-state index in [2.05, 4.69) is 14.9 Å². The Morgan fingerprint density at radius 1 is 1.00 bits per heavy atom. The van der Waals surface area contributed by atoms with Crippen molar-refractivity contribution in [2.45, 2.75) is 33.1 Å². The van der Waals surface area contributed by atoms with Gasteiger partial charge in [-0.3, -0.25) is 0 Å². The van der Waals surface area contributed by atoms with E-state index in [9.17, 15) is 0 Å². The molecule has 0 radical (unpaired) electrons. The van der Waals surface area contributed by atoms with Gasteiger partial charge in [-0.25, -0.2) is 9.97 Å². The van der Waals surface area contributed by atoms with Crippen molar-refractivity contribution >= 4 is 17.5 Å². The van der Waals surface area contributed by atoms with Crippen LogP contribution in [-0.4, -0.2) is 23.1 Å². The third-order valence-corrected chi connectivity index (χ3v) is 3.36. The summed E-state index contributed by atoms with van der Waals surface area (Å²) in [6.07, 6.45) is 3.80. The molecule has 0 bridgehead atoms. The van der Waals surface area contributed by atoms with Crippen LogP contribution in [0.1, 0.15) is 30.7 Å². The summed E-state index contributed by atoms with van der Waals surface area (Å²) in [5, 5.41) is 0.691. The quantitative estimate of drug-likeness (QED) is 0.736. The van der Waals surface area contributed by atoms with E-state index in [0.717, 1.165) is 30.4 Å². The lowest BCUT2D eigenvalue weighted by atomic mass is 10.1. The fourth-order valence-corrected chi connectivity index (χ4v) is 2.00. The highest BCUT2D eigenvalue weighted by atomic mass is 35.5. The summed E-state index contributed by atoms with van der Waals surface area (Å²) in [4.78, 5) is 11.1. The topological polar surface area (TPSA) is 29.0 Å². The van der Waals surface area contributed by atoms with E-state index in [1.165, 1.54) is 19.3 Å². The van der Waals surface area contributed by atoms with Gasteiger partial charge in [-0.15, -0.1) is 0 Å². The van der Waals surface area contributed by atoms with Crippen molar-refractivity contribution in [3.8, 4) is 0 Å². The molecule has 1 saturated heterocycles. The Labute approximate surface area is 95.5 Å². The second kappa shape index (κ2) is 4.35. The summed E-state index contributed by atoms with van der Waals surface area (Å²) in [5.41, 5.74) is 1.76. The van der Waals surface area contributed by atoms with Gasteiger partial charge in [0.05, 0.1) is 16.4 Å². The summed E-state index contributed by atoms with van der Waals surface area (Å²) >= 11 is 6.05. The van der Waals surface area contributed by atoms with Crippen molar-refractivity contribution in [1.82, 2.24) is 9.97 Å². The summed E-state index contributed by atoms with van der Waals surface area (Å²) in [5.74, 6) is 0.842. The minimum atomic E-state index is 0.691. The van der Waals surface area contributed by atoms with E-state index in [-0.39, 0.29) is 0 Å². The standard InChI is InChI=1S/C11H16ClN3/c1-8-10(12)9(2)14-11(13-8)15-6-4-3-5-7-15/h3-7H2,1-2H3. The molecule has 0 atom stereocenters.